The van der Waals surface area contributed by atoms with Crippen LogP contribution in [0.5, 0.6) is 5.75 Å². The van der Waals surface area contributed by atoms with Gasteiger partial charge in [-0.1, -0.05) is 18.4 Å². The average Bonchev–Trinajstić information content (AvgIpc) is 3.19. The number of nitrogens with zero attached hydrogens (tertiary/aromatic N) is 2. The van der Waals surface area contributed by atoms with Crippen LogP contribution in [0.15, 0.2) is 30.9 Å². The number of primary amides is 1. The highest BCUT2D eigenvalue weighted by atomic mass is 32.1. The molecule has 0 fully saturated rings. The average molecular weight is 461 g/mol. The molecular weight excluding hydrogens is 440 g/mol. The van der Waals surface area contributed by atoms with Crippen molar-refractivity contribution in [3.8, 4) is 28.8 Å². The molecule has 3 N–H and O–H groups in total. The van der Waals surface area contributed by atoms with Gasteiger partial charge in [-0.05, 0) is 37.1 Å². The van der Waals surface area contributed by atoms with E-state index in [0.717, 1.165) is 0 Å². The lowest BCUT2D eigenvalue weighted by atomic mass is 9.97. The number of aromatic nitrogens is 1. The monoisotopic (exact) mass is 461 g/mol. The fourth-order valence-corrected chi connectivity index (χ4v) is 3.95. The highest BCUT2D eigenvalue weighted by molar-refractivity contribution is 7.14. The number of carbonyl (C=O) groups excluding carboxylic acids is 2. The van der Waals surface area contributed by atoms with Gasteiger partial charge in [0.2, 0.25) is 6.41 Å². The molecule has 0 spiro atoms. The van der Waals surface area contributed by atoms with E-state index >= 15 is 0 Å². The summed E-state index contributed by atoms with van der Waals surface area (Å²) in [4.78, 5) is 27.2. The third kappa shape index (κ3) is 4.95. The van der Waals surface area contributed by atoms with E-state index in [0.29, 0.717) is 36.3 Å². The van der Waals surface area contributed by atoms with Crippen LogP contribution in [0.1, 0.15) is 33.1 Å². The molecule has 3 rings (SSSR count). The maximum absolute atomic E-state index is 14.5. The molecule has 0 saturated carbocycles. The van der Waals surface area contributed by atoms with Crippen molar-refractivity contribution in [2.75, 3.05) is 20.2 Å². The Hall–Kier alpha value is -3.29. The van der Waals surface area contributed by atoms with Crippen LogP contribution < -0.4 is 10.5 Å². The molecule has 2 amide bonds. The summed E-state index contributed by atoms with van der Waals surface area (Å²) in [6, 6.07) is 4.57. The second kappa shape index (κ2) is 9.06. The third-order valence-corrected chi connectivity index (χ3v) is 6.01. The van der Waals surface area contributed by atoms with Crippen LogP contribution in [0.4, 0.5) is 8.78 Å². The van der Waals surface area contributed by atoms with Crippen molar-refractivity contribution in [1.29, 1.82) is 0 Å². The van der Waals surface area contributed by atoms with E-state index in [1.54, 1.807) is 13.1 Å². The number of thiazole rings is 1. The SMILES string of the molecule is C=CC(O)(C#Cc1ccc2c(c1)-c1nc(C(N)=O)sc1C(F)(F)CO2)CCCN(C)C=O. The molecule has 7 nitrogen and oxygen atoms in total. The molecule has 1 aromatic heterocycles. The Morgan fingerprint density at radius 2 is 2.28 bits per heavy atom. The summed E-state index contributed by atoms with van der Waals surface area (Å²) in [5.74, 6) is 1.50. The Kier molecular flexibility index (Phi) is 6.62. The van der Waals surface area contributed by atoms with Gasteiger partial charge in [-0.2, -0.15) is 8.78 Å². The van der Waals surface area contributed by atoms with Gasteiger partial charge in [0, 0.05) is 24.7 Å². The zero-order chi connectivity index (χ0) is 23.5. The standard InChI is InChI=1S/C22H21F2N3O4S/c1-3-21(30,8-4-10-27(2)13-28)9-7-14-5-6-16-15(11-14)17-18(22(23,24)12-31-16)32-20(26-17)19(25)29/h3,5-6,11,13,30H,1,4,8,10,12H2,2H3,(H2,25,29). The van der Waals surface area contributed by atoms with E-state index in [1.807, 2.05) is 0 Å². The Labute approximate surface area is 187 Å². The first kappa shape index (κ1) is 23.4. The van der Waals surface area contributed by atoms with Crippen molar-refractivity contribution >= 4 is 23.7 Å². The maximum atomic E-state index is 14.5. The number of fused-ring (bicyclic) bond motifs is 3. The highest BCUT2D eigenvalue weighted by Gasteiger charge is 2.42. The Morgan fingerprint density at radius 3 is 2.94 bits per heavy atom. The van der Waals surface area contributed by atoms with Crippen molar-refractivity contribution in [2.45, 2.75) is 24.4 Å². The number of hydrogen-bond acceptors (Lipinski definition) is 6. The topological polar surface area (TPSA) is 106 Å². The fraction of sp³-hybridized carbons (Fsp3) is 0.318. The van der Waals surface area contributed by atoms with Gasteiger partial charge in [-0.15, -0.1) is 11.3 Å². The number of halogens is 2. The van der Waals surface area contributed by atoms with E-state index < -0.39 is 28.9 Å². The van der Waals surface area contributed by atoms with Gasteiger partial charge in [0.15, 0.2) is 11.6 Å². The molecule has 1 atom stereocenters. The number of alkyl halides is 2. The van der Waals surface area contributed by atoms with Gasteiger partial charge in [-0.25, -0.2) is 4.98 Å². The minimum Gasteiger partial charge on any atom is -0.486 e. The van der Waals surface area contributed by atoms with E-state index in [2.05, 4.69) is 23.4 Å². The zero-order valence-corrected chi connectivity index (χ0v) is 18.0. The Morgan fingerprint density at radius 1 is 1.53 bits per heavy atom. The first-order chi connectivity index (χ1) is 15.1. The number of nitrogens with two attached hydrogens (primary N) is 1. The van der Waals surface area contributed by atoms with Crippen molar-refractivity contribution in [1.82, 2.24) is 9.88 Å². The van der Waals surface area contributed by atoms with Gasteiger partial charge in [0.1, 0.15) is 16.2 Å². The first-order valence-electron chi connectivity index (χ1n) is 9.59. The summed E-state index contributed by atoms with van der Waals surface area (Å²) < 4.78 is 34.4. The smallest absolute Gasteiger partial charge is 0.317 e. The maximum Gasteiger partial charge on any atom is 0.317 e. The van der Waals surface area contributed by atoms with Gasteiger partial charge in [0.05, 0.1) is 5.69 Å². The molecule has 1 aliphatic heterocycles. The molecule has 1 unspecified atom stereocenters. The van der Waals surface area contributed by atoms with Gasteiger partial charge in [0.25, 0.3) is 5.91 Å². The third-order valence-electron chi connectivity index (χ3n) is 4.82. The number of carbonyl (C=O) groups is 2. The normalized spacial score (nSPS) is 15.5. The Balaban J connectivity index is 1.95. The van der Waals surface area contributed by atoms with E-state index in [9.17, 15) is 23.5 Å². The molecule has 2 heterocycles. The van der Waals surface area contributed by atoms with Crippen LogP contribution in [0.25, 0.3) is 11.3 Å². The molecule has 168 valence electrons. The van der Waals surface area contributed by atoms with Crippen molar-refractivity contribution in [3.05, 3.63) is 46.3 Å². The summed E-state index contributed by atoms with van der Waals surface area (Å²) >= 11 is 0.534. The second-order valence-electron chi connectivity index (χ2n) is 7.33. The summed E-state index contributed by atoms with van der Waals surface area (Å²) in [6.45, 7) is 3.17. The lowest BCUT2D eigenvalue weighted by molar-refractivity contribution is -0.117. The molecule has 10 heteroatoms. The number of amides is 2. The summed E-state index contributed by atoms with van der Waals surface area (Å²) in [5, 5.41) is 10.4. The van der Waals surface area contributed by atoms with Crippen LogP contribution in [0.2, 0.25) is 0 Å². The lowest BCUT2D eigenvalue weighted by Crippen LogP contribution is -2.26. The van der Waals surface area contributed by atoms with Crippen molar-refractivity contribution < 1.29 is 28.2 Å². The molecular formula is C22H21F2N3O4S. The first-order valence-corrected chi connectivity index (χ1v) is 10.4. The summed E-state index contributed by atoms with van der Waals surface area (Å²) in [5.41, 5.74) is 4.33. The number of rotatable bonds is 7. The Bertz CT molecular complexity index is 1120. The summed E-state index contributed by atoms with van der Waals surface area (Å²) in [6.07, 6.45) is 2.75. The minimum absolute atomic E-state index is 0.0826. The van der Waals surface area contributed by atoms with Crippen LogP contribution >= 0.6 is 11.3 Å². The number of hydrogen-bond donors (Lipinski definition) is 2. The van der Waals surface area contributed by atoms with Crippen LogP contribution in [0.3, 0.4) is 0 Å². The predicted octanol–water partition coefficient (Wildman–Crippen LogP) is 2.53. The fourth-order valence-electron chi connectivity index (χ4n) is 3.06. The molecule has 0 saturated heterocycles. The molecule has 2 aromatic rings. The van der Waals surface area contributed by atoms with E-state index in [1.165, 1.54) is 23.1 Å². The molecule has 1 aliphatic rings. The van der Waals surface area contributed by atoms with Gasteiger partial charge in [-0.3, -0.25) is 9.59 Å². The van der Waals surface area contributed by atoms with E-state index in [-0.39, 0.29) is 28.4 Å². The molecule has 1 aromatic carbocycles. The number of benzene rings is 1. The number of ether oxygens (including phenoxy) is 1. The van der Waals surface area contributed by atoms with Gasteiger partial charge < -0.3 is 20.5 Å². The quantitative estimate of drug-likeness (QED) is 0.375. The lowest BCUT2D eigenvalue weighted by Gasteiger charge is -2.19. The van der Waals surface area contributed by atoms with Crippen LogP contribution in [-0.2, 0) is 10.7 Å². The minimum atomic E-state index is -3.34. The molecule has 0 aliphatic carbocycles. The van der Waals surface area contributed by atoms with Crippen LogP contribution in [0, 0.1) is 11.8 Å². The molecule has 0 bridgehead atoms. The van der Waals surface area contributed by atoms with E-state index in [4.69, 9.17) is 10.5 Å². The second-order valence-corrected chi connectivity index (χ2v) is 8.33. The van der Waals surface area contributed by atoms with Gasteiger partial charge >= 0.3 is 5.92 Å². The van der Waals surface area contributed by atoms with Crippen LogP contribution in [-0.4, -0.2) is 53.1 Å². The van der Waals surface area contributed by atoms with Crippen molar-refractivity contribution in [3.63, 3.8) is 0 Å². The predicted molar refractivity (Wildman–Crippen MR) is 115 cm³/mol. The molecule has 32 heavy (non-hydrogen) atoms. The zero-order valence-electron chi connectivity index (χ0n) is 17.2. The van der Waals surface area contributed by atoms with Crippen molar-refractivity contribution in [2.24, 2.45) is 5.73 Å². The highest BCUT2D eigenvalue weighted by Crippen LogP contribution is 2.46. The largest absolute Gasteiger partial charge is 0.486 e. The molecule has 0 radical (unpaired) electrons. The summed E-state index contributed by atoms with van der Waals surface area (Å²) in [7, 11) is 1.63. The number of aliphatic hydroxyl groups is 1.